The molecule has 2 N–H and O–H groups in total. The molecule has 2 rings (SSSR count). The van der Waals surface area contributed by atoms with Crippen LogP contribution in [0.5, 0.6) is 0 Å². The minimum atomic E-state index is 0. The molecule has 0 saturated heterocycles. The van der Waals surface area contributed by atoms with E-state index in [4.69, 9.17) is 0 Å². The van der Waals surface area contributed by atoms with Crippen molar-refractivity contribution in [3.8, 4) is 0 Å². The Balaban J connectivity index is 0.00000162. The third kappa shape index (κ3) is 3.46. The van der Waals surface area contributed by atoms with E-state index in [0.29, 0.717) is 0 Å². The molecule has 1 aromatic heterocycles. The Bertz CT molecular complexity index is 394. The SMILES string of the molecule is CNCC(C)C(=O)NC1CCCc2sccc21.Cl. The lowest BCUT2D eigenvalue weighted by Crippen LogP contribution is -2.37. The second kappa shape index (κ2) is 7.12. The molecule has 0 aliphatic heterocycles. The largest absolute Gasteiger partial charge is 0.349 e. The Morgan fingerprint density at radius 3 is 3.11 bits per heavy atom. The number of halogens is 1. The van der Waals surface area contributed by atoms with E-state index in [-0.39, 0.29) is 30.3 Å². The normalized spacial score (nSPS) is 19.6. The lowest BCUT2D eigenvalue weighted by atomic mass is 9.93. The zero-order valence-electron chi connectivity index (χ0n) is 10.9. The van der Waals surface area contributed by atoms with Gasteiger partial charge in [0, 0.05) is 17.3 Å². The van der Waals surface area contributed by atoms with Crippen LogP contribution in [-0.4, -0.2) is 19.5 Å². The lowest BCUT2D eigenvalue weighted by molar-refractivity contribution is -0.125. The number of aryl methyl sites for hydroxylation is 1. The van der Waals surface area contributed by atoms with E-state index >= 15 is 0 Å². The number of fused-ring (bicyclic) bond motifs is 1. The van der Waals surface area contributed by atoms with Crippen molar-refractivity contribution in [3.63, 3.8) is 0 Å². The van der Waals surface area contributed by atoms with E-state index in [1.807, 2.05) is 25.3 Å². The molecule has 0 fully saturated rings. The van der Waals surface area contributed by atoms with Gasteiger partial charge >= 0.3 is 0 Å². The minimum Gasteiger partial charge on any atom is -0.349 e. The number of carbonyl (C=O) groups excluding carboxylic acids is 1. The van der Waals surface area contributed by atoms with Gasteiger partial charge < -0.3 is 10.6 Å². The molecule has 0 bridgehead atoms. The average molecular weight is 289 g/mol. The fourth-order valence-electron chi connectivity index (χ4n) is 2.35. The zero-order chi connectivity index (χ0) is 12.3. The van der Waals surface area contributed by atoms with Crippen LogP contribution in [0.1, 0.15) is 36.2 Å². The molecule has 5 heteroatoms. The van der Waals surface area contributed by atoms with Gasteiger partial charge in [-0.3, -0.25) is 4.79 Å². The summed E-state index contributed by atoms with van der Waals surface area (Å²) in [5, 5.41) is 8.35. The van der Waals surface area contributed by atoms with E-state index in [2.05, 4.69) is 22.1 Å². The standard InChI is InChI=1S/C13H20N2OS.ClH/c1-9(8-14-2)13(16)15-11-4-3-5-12-10(11)6-7-17-12;/h6-7,9,11,14H,3-5,8H2,1-2H3,(H,15,16);1H. The summed E-state index contributed by atoms with van der Waals surface area (Å²) in [7, 11) is 1.88. The number of thiophene rings is 1. The topological polar surface area (TPSA) is 41.1 Å². The Labute approximate surface area is 119 Å². The highest BCUT2D eigenvalue weighted by molar-refractivity contribution is 7.10. The van der Waals surface area contributed by atoms with Crippen LogP contribution in [0, 0.1) is 5.92 Å². The Morgan fingerprint density at radius 2 is 2.39 bits per heavy atom. The Kier molecular flexibility index (Phi) is 6.12. The molecule has 1 amide bonds. The number of rotatable bonds is 4. The highest BCUT2D eigenvalue weighted by atomic mass is 35.5. The van der Waals surface area contributed by atoms with Crippen molar-refractivity contribution >= 4 is 29.7 Å². The number of hydrogen-bond acceptors (Lipinski definition) is 3. The summed E-state index contributed by atoms with van der Waals surface area (Å²) in [4.78, 5) is 13.4. The van der Waals surface area contributed by atoms with E-state index < -0.39 is 0 Å². The maximum atomic E-state index is 12.0. The van der Waals surface area contributed by atoms with Crippen molar-refractivity contribution in [2.45, 2.75) is 32.2 Å². The first-order chi connectivity index (χ1) is 8.22. The second-order valence-corrected chi connectivity index (χ2v) is 5.71. The van der Waals surface area contributed by atoms with E-state index in [0.717, 1.165) is 13.0 Å². The van der Waals surface area contributed by atoms with E-state index in [1.54, 1.807) is 0 Å². The zero-order valence-corrected chi connectivity index (χ0v) is 12.5. The van der Waals surface area contributed by atoms with E-state index in [9.17, 15) is 4.79 Å². The summed E-state index contributed by atoms with van der Waals surface area (Å²) >= 11 is 1.81. The third-order valence-electron chi connectivity index (χ3n) is 3.33. The molecule has 0 radical (unpaired) electrons. The molecule has 2 unspecified atom stereocenters. The first-order valence-electron chi connectivity index (χ1n) is 6.23. The molecule has 0 aromatic carbocycles. The first kappa shape index (κ1) is 15.5. The smallest absolute Gasteiger partial charge is 0.224 e. The molecule has 1 aliphatic carbocycles. The van der Waals surface area contributed by atoms with Crippen LogP contribution < -0.4 is 10.6 Å². The summed E-state index contributed by atoms with van der Waals surface area (Å²) in [5.74, 6) is 0.187. The van der Waals surface area contributed by atoms with Crippen LogP contribution in [-0.2, 0) is 11.2 Å². The third-order valence-corrected chi connectivity index (χ3v) is 4.32. The Morgan fingerprint density at radius 1 is 1.61 bits per heavy atom. The molecular weight excluding hydrogens is 268 g/mol. The molecule has 0 spiro atoms. The molecule has 1 aromatic rings. The van der Waals surface area contributed by atoms with Crippen molar-refractivity contribution in [1.29, 1.82) is 0 Å². The summed E-state index contributed by atoms with van der Waals surface area (Å²) in [6.45, 7) is 2.69. The van der Waals surface area contributed by atoms with Crippen molar-refractivity contribution in [1.82, 2.24) is 10.6 Å². The van der Waals surface area contributed by atoms with Crippen LogP contribution in [0.3, 0.4) is 0 Å². The van der Waals surface area contributed by atoms with Gasteiger partial charge in [0.1, 0.15) is 0 Å². The number of amides is 1. The fraction of sp³-hybridized carbons (Fsp3) is 0.615. The second-order valence-electron chi connectivity index (χ2n) is 4.71. The predicted molar refractivity (Wildman–Crippen MR) is 78.5 cm³/mol. The summed E-state index contributed by atoms with van der Waals surface area (Å²) < 4.78 is 0. The monoisotopic (exact) mass is 288 g/mol. The van der Waals surface area contributed by atoms with Gasteiger partial charge in [0.05, 0.1) is 6.04 Å². The van der Waals surface area contributed by atoms with Crippen LogP contribution >= 0.6 is 23.7 Å². The summed E-state index contributed by atoms with van der Waals surface area (Å²) in [5.41, 5.74) is 1.34. The molecular formula is C13H21ClN2OS. The fourth-order valence-corrected chi connectivity index (χ4v) is 3.34. The van der Waals surface area contributed by atoms with Crippen LogP contribution in [0.2, 0.25) is 0 Å². The highest BCUT2D eigenvalue weighted by Crippen LogP contribution is 2.33. The number of hydrogen-bond donors (Lipinski definition) is 2. The van der Waals surface area contributed by atoms with Crippen molar-refractivity contribution in [2.75, 3.05) is 13.6 Å². The molecule has 102 valence electrons. The maximum Gasteiger partial charge on any atom is 0.224 e. The predicted octanol–water partition coefficient (Wildman–Crippen LogP) is 2.52. The van der Waals surface area contributed by atoms with Gasteiger partial charge in [-0.15, -0.1) is 23.7 Å². The molecule has 1 aliphatic rings. The van der Waals surface area contributed by atoms with Crippen LogP contribution in [0.25, 0.3) is 0 Å². The van der Waals surface area contributed by atoms with Crippen molar-refractivity contribution < 1.29 is 4.79 Å². The van der Waals surface area contributed by atoms with Crippen LogP contribution in [0.15, 0.2) is 11.4 Å². The maximum absolute atomic E-state index is 12.0. The summed E-state index contributed by atoms with van der Waals surface area (Å²) in [6.07, 6.45) is 3.42. The molecule has 2 atom stereocenters. The van der Waals surface area contributed by atoms with Gasteiger partial charge in [-0.2, -0.15) is 0 Å². The highest BCUT2D eigenvalue weighted by Gasteiger charge is 2.24. The molecule has 18 heavy (non-hydrogen) atoms. The minimum absolute atomic E-state index is 0. The average Bonchev–Trinajstić information content (AvgIpc) is 2.78. The molecule has 3 nitrogen and oxygen atoms in total. The lowest BCUT2D eigenvalue weighted by Gasteiger charge is -2.25. The Hall–Kier alpha value is -0.580. The van der Waals surface area contributed by atoms with Crippen molar-refractivity contribution in [2.24, 2.45) is 5.92 Å². The first-order valence-corrected chi connectivity index (χ1v) is 7.11. The molecule has 0 saturated carbocycles. The number of nitrogens with one attached hydrogen (secondary N) is 2. The van der Waals surface area contributed by atoms with Gasteiger partial charge in [-0.25, -0.2) is 0 Å². The van der Waals surface area contributed by atoms with Gasteiger partial charge in [0.15, 0.2) is 0 Å². The molecule has 1 heterocycles. The van der Waals surface area contributed by atoms with Gasteiger partial charge in [0.2, 0.25) is 5.91 Å². The van der Waals surface area contributed by atoms with Crippen molar-refractivity contribution in [3.05, 3.63) is 21.9 Å². The number of carbonyl (C=O) groups is 1. The van der Waals surface area contributed by atoms with Gasteiger partial charge in [-0.1, -0.05) is 6.92 Å². The quantitative estimate of drug-likeness (QED) is 0.894. The summed E-state index contributed by atoms with van der Waals surface area (Å²) in [6, 6.07) is 2.39. The van der Waals surface area contributed by atoms with E-state index in [1.165, 1.54) is 23.3 Å². The van der Waals surface area contributed by atoms with Gasteiger partial charge in [0.25, 0.3) is 0 Å². The van der Waals surface area contributed by atoms with Crippen LogP contribution in [0.4, 0.5) is 0 Å². The van der Waals surface area contributed by atoms with Gasteiger partial charge in [-0.05, 0) is 43.3 Å².